The van der Waals surface area contributed by atoms with Crippen molar-refractivity contribution in [1.29, 1.82) is 0 Å². The molecule has 3 nitrogen and oxygen atoms in total. The van der Waals surface area contributed by atoms with Crippen LogP contribution in [-0.4, -0.2) is 40.2 Å². The van der Waals surface area contributed by atoms with Gasteiger partial charge in [-0.15, -0.1) is 11.6 Å². The zero-order valence-electron chi connectivity index (χ0n) is 8.69. The van der Waals surface area contributed by atoms with E-state index in [4.69, 9.17) is 11.6 Å². The Kier molecular flexibility index (Phi) is 5.64. The summed E-state index contributed by atoms with van der Waals surface area (Å²) in [5.74, 6) is 0.707. The Labute approximate surface area is 90.7 Å². The minimum absolute atomic E-state index is 0.707. The third kappa shape index (κ3) is 4.11. The molecule has 1 aromatic heterocycles. The molecule has 0 atom stereocenters. The van der Waals surface area contributed by atoms with Crippen molar-refractivity contribution in [2.75, 3.05) is 25.5 Å². The first kappa shape index (κ1) is 11.5. The van der Waals surface area contributed by atoms with Gasteiger partial charge in [-0.3, -0.25) is 4.68 Å². The monoisotopic (exact) mass is 215 g/mol. The highest BCUT2D eigenvalue weighted by Gasteiger charge is 2.02. The first-order valence-electron chi connectivity index (χ1n) is 5.12. The van der Waals surface area contributed by atoms with Crippen molar-refractivity contribution in [3.63, 3.8) is 0 Å². The molecule has 0 N–H and O–H groups in total. The van der Waals surface area contributed by atoms with E-state index in [2.05, 4.69) is 16.9 Å². The maximum Gasteiger partial charge on any atom is 0.0536 e. The lowest BCUT2D eigenvalue weighted by Gasteiger charge is -2.20. The van der Waals surface area contributed by atoms with Gasteiger partial charge in [0.2, 0.25) is 0 Å². The van der Waals surface area contributed by atoms with Crippen LogP contribution in [0.5, 0.6) is 0 Å². The molecule has 0 aliphatic heterocycles. The summed E-state index contributed by atoms with van der Waals surface area (Å²) in [4.78, 5) is 2.37. The topological polar surface area (TPSA) is 21.1 Å². The van der Waals surface area contributed by atoms with Crippen LogP contribution in [0, 0.1) is 0 Å². The molecule has 1 heterocycles. The second-order valence-corrected chi connectivity index (χ2v) is 3.68. The molecule has 0 saturated carbocycles. The van der Waals surface area contributed by atoms with Crippen LogP contribution < -0.4 is 0 Å². The van der Waals surface area contributed by atoms with Crippen LogP contribution in [0.3, 0.4) is 0 Å². The van der Waals surface area contributed by atoms with Gasteiger partial charge >= 0.3 is 0 Å². The van der Waals surface area contributed by atoms with E-state index in [1.54, 1.807) is 0 Å². The van der Waals surface area contributed by atoms with Gasteiger partial charge in [-0.2, -0.15) is 5.10 Å². The van der Waals surface area contributed by atoms with Gasteiger partial charge in [0.05, 0.1) is 6.54 Å². The van der Waals surface area contributed by atoms with E-state index in [9.17, 15) is 0 Å². The van der Waals surface area contributed by atoms with E-state index in [0.717, 1.165) is 26.2 Å². The highest BCUT2D eigenvalue weighted by atomic mass is 35.5. The van der Waals surface area contributed by atoms with E-state index in [-0.39, 0.29) is 0 Å². The van der Waals surface area contributed by atoms with Crippen molar-refractivity contribution in [3.8, 4) is 0 Å². The van der Waals surface area contributed by atoms with Gasteiger partial charge in [0, 0.05) is 31.4 Å². The number of halogens is 1. The lowest BCUT2D eigenvalue weighted by Crippen LogP contribution is -2.30. The van der Waals surface area contributed by atoms with Crippen LogP contribution in [0.1, 0.15) is 13.3 Å². The molecule has 80 valence electrons. The number of hydrogen-bond acceptors (Lipinski definition) is 2. The number of hydrogen-bond donors (Lipinski definition) is 0. The van der Waals surface area contributed by atoms with Crippen LogP contribution in [-0.2, 0) is 6.54 Å². The largest absolute Gasteiger partial charge is 0.300 e. The van der Waals surface area contributed by atoms with Crippen molar-refractivity contribution in [2.45, 2.75) is 19.9 Å². The van der Waals surface area contributed by atoms with Crippen LogP contribution in [0.15, 0.2) is 18.5 Å². The summed E-state index contributed by atoms with van der Waals surface area (Å²) in [5.41, 5.74) is 0. The molecule has 0 fully saturated rings. The molecular weight excluding hydrogens is 198 g/mol. The Morgan fingerprint density at radius 3 is 2.79 bits per heavy atom. The number of aromatic nitrogens is 2. The molecule has 4 heteroatoms. The summed E-state index contributed by atoms with van der Waals surface area (Å²) in [6.45, 7) is 6.26. The van der Waals surface area contributed by atoms with Gasteiger partial charge in [0.25, 0.3) is 0 Å². The SMILES string of the molecule is CCCN(CCCl)CCn1cccn1. The minimum atomic E-state index is 0.707. The Morgan fingerprint density at radius 2 is 2.21 bits per heavy atom. The van der Waals surface area contributed by atoms with Gasteiger partial charge < -0.3 is 4.90 Å². The zero-order chi connectivity index (χ0) is 10.2. The molecule has 0 bridgehead atoms. The summed E-state index contributed by atoms with van der Waals surface area (Å²) < 4.78 is 1.96. The smallest absolute Gasteiger partial charge is 0.0536 e. The maximum absolute atomic E-state index is 5.73. The molecule has 1 rings (SSSR count). The predicted octanol–water partition coefficient (Wildman–Crippen LogP) is 1.83. The van der Waals surface area contributed by atoms with Crippen molar-refractivity contribution in [2.24, 2.45) is 0 Å². The molecule has 0 aromatic carbocycles. The molecule has 0 spiro atoms. The third-order valence-corrected chi connectivity index (χ3v) is 2.31. The Bertz CT molecular complexity index is 217. The van der Waals surface area contributed by atoms with Gasteiger partial charge in [0.15, 0.2) is 0 Å². The highest BCUT2D eigenvalue weighted by Crippen LogP contribution is 1.94. The average molecular weight is 216 g/mol. The Morgan fingerprint density at radius 1 is 1.36 bits per heavy atom. The van der Waals surface area contributed by atoms with E-state index in [0.29, 0.717) is 5.88 Å². The molecule has 0 unspecified atom stereocenters. The van der Waals surface area contributed by atoms with Gasteiger partial charge in [-0.1, -0.05) is 6.92 Å². The molecule has 0 aliphatic carbocycles. The molecule has 0 aliphatic rings. The first-order valence-corrected chi connectivity index (χ1v) is 5.66. The number of rotatable bonds is 7. The normalized spacial score (nSPS) is 11.1. The van der Waals surface area contributed by atoms with E-state index in [1.807, 2.05) is 23.1 Å². The molecule has 0 saturated heterocycles. The molecule has 0 amide bonds. The number of nitrogens with zero attached hydrogens (tertiary/aromatic N) is 3. The quantitative estimate of drug-likeness (QED) is 0.648. The first-order chi connectivity index (χ1) is 6.86. The third-order valence-electron chi connectivity index (χ3n) is 2.15. The zero-order valence-corrected chi connectivity index (χ0v) is 9.45. The van der Waals surface area contributed by atoms with Crippen molar-refractivity contribution in [1.82, 2.24) is 14.7 Å². The fraction of sp³-hybridized carbons (Fsp3) is 0.700. The standard InChI is InChI=1S/C10H18ClN3/c1-2-6-13(8-4-11)9-10-14-7-3-5-12-14/h3,5,7H,2,4,6,8-10H2,1H3. The van der Waals surface area contributed by atoms with Crippen LogP contribution >= 0.6 is 11.6 Å². The van der Waals surface area contributed by atoms with E-state index >= 15 is 0 Å². The fourth-order valence-corrected chi connectivity index (χ4v) is 1.69. The average Bonchev–Trinajstić information content (AvgIpc) is 2.67. The van der Waals surface area contributed by atoms with E-state index < -0.39 is 0 Å². The molecule has 14 heavy (non-hydrogen) atoms. The summed E-state index contributed by atoms with van der Waals surface area (Å²) >= 11 is 5.73. The van der Waals surface area contributed by atoms with Crippen LogP contribution in [0.2, 0.25) is 0 Å². The fourth-order valence-electron chi connectivity index (χ4n) is 1.45. The Hall–Kier alpha value is -0.540. The van der Waals surface area contributed by atoms with Crippen molar-refractivity contribution < 1.29 is 0 Å². The number of alkyl halides is 1. The summed E-state index contributed by atoms with van der Waals surface area (Å²) in [5, 5.41) is 4.17. The lowest BCUT2D eigenvalue weighted by atomic mass is 10.4. The summed E-state index contributed by atoms with van der Waals surface area (Å²) in [6, 6.07) is 1.95. The van der Waals surface area contributed by atoms with Crippen LogP contribution in [0.25, 0.3) is 0 Å². The van der Waals surface area contributed by atoms with Gasteiger partial charge in [-0.25, -0.2) is 0 Å². The van der Waals surface area contributed by atoms with Crippen molar-refractivity contribution >= 4 is 11.6 Å². The summed E-state index contributed by atoms with van der Waals surface area (Å²) in [6.07, 6.45) is 4.98. The van der Waals surface area contributed by atoms with Crippen molar-refractivity contribution in [3.05, 3.63) is 18.5 Å². The van der Waals surface area contributed by atoms with Crippen LogP contribution in [0.4, 0.5) is 0 Å². The summed E-state index contributed by atoms with van der Waals surface area (Å²) in [7, 11) is 0. The second-order valence-electron chi connectivity index (χ2n) is 3.30. The second kappa shape index (κ2) is 6.85. The van der Waals surface area contributed by atoms with E-state index in [1.165, 1.54) is 6.42 Å². The van der Waals surface area contributed by atoms with Gasteiger partial charge in [0.1, 0.15) is 0 Å². The minimum Gasteiger partial charge on any atom is -0.300 e. The maximum atomic E-state index is 5.73. The molecular formula is C10H18ClN3. The van der Waals surface area contributed by atoms with Gasteiger partial charge in [-0.05, 0) is 19.0 Å². The highest BCUT2D eigenvalue weighted by molar-refractivity contribution is 6.18. The molecule has 1 aromatic rings. The Balaban J connectivity index is 2.25. The predicted molar refractivity (Wildman–Crippen MR) is 59.7 cm³/mol. The molecule has 0 radical (unpaired) electrons. The lowest BCUT2D eigenvalue weighted by molar-refractivity contribution is 0.273.